The summed E-state index contributed by atoms with van der Waals surface area (Å²) in [4.78, 5) is 17.2. The average molecular weight is 288 g/mol. The Labute approximate surface area is 124 Å². The summed E-state index contributed by atoms with van der Waals surface area (Å²) >= 11 is 1.74. The fraction of sp³-hybridized carbons (Fsp3) is 0.375. The van der Waals surface area contributed by atoms with E-state index in [0.717, 1.165) is 19.3 Å². The minimum absolute atomic E-state index is 0.142. The van der Waals surface area contributed by atoms with Crippen molar-refractivity contribution in [2.45, 2.75) is 38.6 Å². The molecular formula is C16H20N2OS. The number of hydrogen-bond donors (Lipinski definition) is 1. The molecule has 2 rings (SSSR count). The van der Waals surface area contributed by atoms with Gasteiger partial charge < -0.3 is 5.32 Å². The highest BCUT2D eigenvalue weighted by molar-refractivity contribution is 7.09. The first-order valence-corrected chi connectivity index (χ1v) is 7.82. The lowest BCUT2D eigenvalue weighted by Gasteiger charge is -2.12. The van der Waals surface area contributed by atoms with E-state index in [1.165, 1.54) is 10.4 Å². The van der Waals surface area contributed by atoms with E-state index in [2.05, 4.69) is 28.7 Å². The van der Waals surface area contributed by atoms with Crippen LogP contribution in [-0.4, -0.2) is 16.9 Å². The van der Waals surface area contributed by atoms with Crippen LogP contribution in [0, 0.1) is 0 Å². The lowest BCUT2D eigenvalue weighted by Crippen LogP contribution is -2.33. The number of rotatable bonds is 7. The maximum atomic E-state index is 11.9. The van der Waals surface area contributed by atoms with Crippen LogP contribution >= 0.6 is 11.3 Å². The fourth-order valence-corrected chi connectivity index (χ4v) is 2.97. The molecule has 1 atom stereocenters. The molecule has 2 heterocycles. The Bertz CT molecular complexity index is 511. The van der Waals surface area contributed by atoms with Gasteiger partial charge in [0.1, 0.15) is 0 Å². The molecule has 1 amide bonds. The second-order valence-corrected chi connectivity index (χ2v) is 5.99. The Morgan fingerprint density at radius 2 is 2.15 bits per heavy atom. The van der Waals surface area contributed by atoms with Crippen molar-refractivity contribution in [3.05, 3.63) is 52.5 Å². The third-order valence-corrected chi connectivity index (χ3v) is 4.01. The molecule has 0 bridgehead atoms. The molecule has 0 aromatic carbocycles. The first-order chi connectivity index (χ1) is 9.74. The van der Waals surface area contributed by atoms with Crippen molar-refractivity contribution in [1.29, 1.82) is 0 Å². The van der Waals surface area contributed by atoms with Gasteiger partial charge in [-0.3, -0.25) is 9.78 Å². The molecule has 0 saturated carbocycles. The molecule has 0 aliphatic carbocycles. The SMILES string of the molecule is CC(Cc1cccs1)NC(=O)CCCc1ccncc1. The molecule has 1 N–H and O–H groups in total. The third kappa shape index (κ3) is 5.13. The number of aromatic nitrogens is 1. The Kier molecular flexibility index (Phi) is 5.74. The third-order valence-electron chi connectivity index (χ3n) is 3.11. The van der Waals surface area contributed by atoms with Crippen molar-refractivity contribution in [2.75, 3.05) is 0 Å². The van der Waals surface area contributed by atoms with Gasteiger partial charge in [0.15, 0.2) is 0 Å². The van der Waals surface area contributed by atoms with Crippen molar-refractivity contribution in [1.82, 2.24) is 10.3 Å². The summed E-state index contributed by atoms with van der Waals surface area (Å²) in [6.45, 7) is 2.06. The summed E-state index contributed by atoms with van der Waals surface area (Å²) in [5.41, 5.74) is 1.24. The van der Waals surface area contributed by atoms with Gasteiger partial charge in [-0.1, -0.05) is 6.07 Å². The molecule has 1 unspecified atom stereocenters. The zero-order valence-electron chi connectivity index (χ0n) is 11.7. The number of carbonyl (C=O) groups excluding carboxylic acids is 1. The molecule has 2 aromatic rings. The van der Waals surface area contributed by atoms with Crippen LogP contribution in [0.15, 0.2) is 42.0 Å². The highest BCUT2D eigenvalue weighted by Gasteiger charge is 2.08. The molecule has 4 heteroatoms. The van der Waals surface area contributed by atoms with Crippen LogP contribution in [0.3, 0.4) is 0 Å². The van der Waals surface area contributed by atoms with Gasteiger partial charge >= 0.3 is 0 Å². The van der Waals surface area contributed by atoms with Crippen molar-refractivity contribution in [3.8, 4) is 0 Å². The summed E-state index contributed by atoms with van der Waals surface area (Å²) in [6, 6.07) is 8.34. The highest BCUT2D eigenvalue weighted by atomic mass is 32.1. The van der Waals surface area contributed by atoms with Gasteiger partial charge in [0.05, 0.1) is 0 Å². The Hall–Kier alpha value is -1.68. The number of pyridine rings is 1. The maximum absolute atomic E-state index is 11.9. The van der Waals surface area contributed by atoms with Crippen LogP contribution in [0.4, 0.5) is 0 Å². The topological polar surface area (TPSA) is 42.0 Å². The lowest BCUT2D eigenvalue weighted by molar-refractivity contribution is -0.121. The van der Waals surface area contributed by atoms with Gasteiger partial charge in [0.2, 0.25) is 5.91 Å². The minimum Gasteiger partial charge on any atom is -0.353 e. The number of amides is 1. The van der Waals surface area contributed by atoms with E-state index in [1.54, 1.807) is 23.7 Å². The number of carbonyl (C=O) groups is 1. The predicted molar refractivity (Wildman–Crippen MR) is 82.8 cm³/mol. The molecule has 0 spiro atoms. The first kappa shape index (κ1) is 14.7. The Morgan fingerprint density at radius 1 is 1.35 bits per heavy atom. The molecule has 0 radical (unpaired) electrons. The van der Waals surface area contributed by atoms with Crippen LogP contribution in [0.25, 0.3) is 0 Å². The van der Waals surface area contributed by atoms with Gasteiger partial charge in [0.25, 0.3) is 0 Å². The normalized spacial score (nSPS) is 12.1. The van der Waals surface area contributed by atoms with Crippen LogP contribution in [-0.2, 0) is 17.6 Å². The van der Waals surface area contributed by atoms with Crippen molar-refractivity contribution < 1.29 is 4.79 Å². The maximum Gasteiger partial charge on any atom is 0.220 e. The molecule has 20 heavy (non-hydrogen) atoms. The van der Waals surface area contributed by atoms with Crippen molar-refractivity contribution >= 4 is 17.2 Å². The van der Waals surface area contributed by atoms with E-state index in [1.807, 2.05) is 18.2 Å². The molecule has 106 valence electrons. The largest absolute Gasteiger partial charge is 0.353 e. The molecule has 0 aliphatic heterocycles. The van der Waals surface area contributed by atoms with E-state index in [9.17, 15) is 4.79 Å². The van der Waals surface area contributed by atoms with Crippen LogP contribution in [0.1, 0.15) is 30.2 Å². The van der Waals surface area contributed by atoms with Crippen LogP contribution in [0.5, 0.6) is 0 Å². The summed E-state index contributed by atoms with van der Waals surface area (Å²) in [6.07, 6.45) is 6.87. The average Bonchev–Trinajstić information content (AvgIpc) is 2.92. The Balaban J connectivity index is 1.65. The van der Waals surface area contributed by atoms with Gasteiger partial charge in [-0.25, -0.2) is 0 Å². The highest BCUT2D eigenvalue weighted by Crippen LogP contribution is 2.11. The van der Waals surface area contributed by atoms with E-state index in [0.29, 0.717) is 6.42 Å². The van der Waals surface area contributed by atoms with Crippen molar-refractivity contribution in [2.24, 2.45) is 0 Å². The number of hydrogen-bond acceptors (Lipinski definition) is 3. The molecule has 0 saturated heterocycles. The van der Waals surface area contributed by atoms with E-state index in [4.69, 9.17) is 0 Å². The standard InChI is InChI=1S/C16H20N2OS/c1-13(12-15-5-3-11-20-15)18-16(19)6-2-4-14-7-9-17-10-8-14/h3,5,7-11,13H,2,4,6,12H2,1H3,(H,18,19). The smallest absolute Gasteiger partial charge is 0.220 e. The summed E-state index contributed by atoms with van der Waals surface area (Å²) in [5.74, 6) is 0.142. The lowest BCUT2D eigenvalue weighted by atomic mass is 10.1. The van der Waals surface area contributed by atoms with Crippen LogP contribution < -0.4 is 5.32 Å². The molecule has 0 aliphatic rings. The molecule has 3 nitrogen and oxygen atoms in total. The number of aryl methyl sites for hydroxylation is 1. The number of thiophene rings is 1. The molecule has 0 fully saturated rings. The summed E-state index contributed by atoms with van der Waals surface area (Å²) < 4.78 is 0. The van der Waals surface area contributed by atoms with Gasteiger partial charge in [-0.15, -0.1) is 11.3 Å². The van der Waals surface area contributed by atoms with E-state index < -0.39 is 0 Å². The van der Waals surface area contributed by atoms with Gasteiger partial charge in [-0.2, -0.15) is 0 Å². The first-order valence-electron chi connectivity index (χ1n) is 6.94. The van der Waals surface area contributed by atoms with Crippen molar-refractivity contribution in [3.63, 3.8) is 0 Å². The second kappa shape index (κ2) is 7.80. The summed E-state index contributed by atoms with van der Waals surface area (Å²) in [7, 11) is 0. The Morgan fingerprint density at radius 3 is 2.85 bits per heavy atom. The second-order valence-electron chi connectivity index (χ2n) is 4.96. The minimum atomic E-state index is 0.142. The predicted octanol–water partition coefficient (Wildman–Crippen LogP) is 3.21. The van der Waals surface area contributed by atoms with Gasteiger partial charge in [0, 0.05) is 36.2 Å². The monoisotopic (exact) mass is 288 g/mol. The zero-order chi connectivity index (χ0) is 14.2. The molecular weight excluding hydrogens is 268 g/mol. The fourth-order valence-electron chi connectivity index (χ4n) is 2.13. The number of nitrogens with zero attached hydrogens (tertiary/aromatic N) is 1. The summed E-state index contributed by atoms with van der Waals surface area (Å²) in [5, 5.41) is 5.13. The quantitative estimate of drug-likeness (QED) is 0.850. The van der Waals surface area contributed by atoms with Gasteiger partial charge in [-0.05, 0) is 48.9 Å². The van der Waals surface area contributed by atoms with Crippen LogP contribution in [0.2, 0.25) is 0 Å². The van der Waals surface area contributed by atoms with E-state index >= 15 is 0 Å². The number of nitrogens with one attached hydrogen (secondary N) is 1. The molecule has 2 aromatic heterocycles. The van der Waals surface area contributed by atoms with E-state index in [-0.39, 0.29) is 11.9 Å². The zero-order valence-corrected chi connectivity index (χ0v) is 12.5.